The highest BCUT2D eigenvalue weighted by atomic mass is 32.2. The number of aromatic nitrogens is 3. The summed E-state index contributed by atoms with van der Waals surface area (Å²) in [4.78, 5) is 18.5. The number of nitrogens with zero attached hydrogens (tertiary/aromatic N) is 3. The van der Waals surface area contributed by atoms with Gasteiger partial charge in [-0.1, -0.05) is 51.1 Å². The summed E-state index contributed by atoms with van der Waals surface area (Å²) in [5.74, 6) is 1.91. The molecule has 0 saturated heterocycles. The van der Waals surface area contributed by atoms with E-state index in [1.165, 1.54) is 16.6 Å². The number of rotatable bonds is 9. The van der Waals surface area contributed by atoms with E-state index in [0.29, 0.717) is 34.1 Å². The molecule has 0 bridgehead atoms. The predicted octanol–water partition coefficient (Wildman–Crippen LogP) is 6.08. The zero-order chi connectivity index (χ0) is 25.0. The summed E-state index contributed by atoms with van der Waals surface area (Å²) in [6.45, 7) is 9.38. The molecular weight excluding hydrogens is 478 g/mol. The number of aromatic amines is 1. The fraction of sp³-hybridized carbons (Fsp3) is 0.462. The summed E-state index contributed by atoms with van der Waals surface area (Å²) in [6.07, 6.45) is 4.09. The third-order valence-corrected chi connectivity index (χ3v) is 8.90. The van der Waals surface area contributed by atoms with E-state index in [2.05, 4.69) is 47.3 Å². The van der Waals surface area contributed by atoms with E-state index in [1.54, 1.807) is 11.3 Å². The molecular formula is C26H31N5O2S2. The minimum atomic E-state index is -0.170. The van der Waals surface area contributed by atoms with Crippen LogP contribution in [0.2, 0.25) is 0 Å². The number of H-pyrrole nitrogens is 1. The topological polar surface area (TPSA) is 104 Å². The van der Waals surface area contributed by atoms with Crippen LogP contribution in [0, 0.1) is 22.7 Å². The van der Waals surface area contributed by atoms with Gasteiger partial charge in [-0.05, 0) is 55.2 Å². The van der Waals surface area contributed by atoms with Crippen molar-refractivity contribution in [3.05, 3.63) is 40.3 Å². The Morgan fingerprint density at radius 1 is 1.37 bits per heavy atom. The number of ether oxygens (including phenoxy) is 1. The molecule has 7 nitrogen and oxygen atoms in total. The summed E-state index contributed by atoms with van der Waals surface area (Å²) >= 11 is 2.81. The first-order valence-corrected chi connectivity index (χ1v) is 13.8. The minimum Gasteiger partial charge on any atom is -0.493 e. The number of hydrogen-bond acceptors (Lipinski definition) is 7. The van der Waals surface area contributed by atoms with E-state index >= 15 is 0 Å². The molecule has 1 aromatic carbocycles. The second kappa shape index (κ2) is 10.8. The Morgan fingerprint density at radius 3 is 2.91 bits per heavy atom. The van der Waals surface area contributed by atoms with Crippen molar-refractivity contribution in [3.8, 4) is 23.2 Å². The van der Waals surface area contributed by atoms with Crippen molar-refractivity contribution in [1.82, 2.24) is 15.2 Å². The van der Waals surface area contributed by atoms with Crippen LogP contribution in [0.3, 0.4) is 0 Å². The first-order valence-electron chi connectivity index (χ1n) is 12.0. The number of carbonyl (C=O) groups excluding carboxylic acids is 1. The first kappa shape index (κ1) is 25.3. The van der Waals surface area contributed by atoms with Crippen molar-refractivity contribution in [2.75, 3.05) is 17.7 Å². The maximum atomic E-state index is 12.7. The van der Waals surface area contributed by atoms with Crippen molar-refractivity contribution in [2.45, 2.75) is 58.5 Å². The number of fused-ring (bicyclic) bond motifs is 1. The molecule has 1 aliphatic carbocycles. The van der Waals surface area contributed by atoms with E-state index in [-0.39, 0.29) is 17.1 Å². The molecule has 0 saturated carbocycles. The van der Waals surface area contributed by atoms with Gasteiger partial charge in [0.25, 0.3) is 0 Å². The molecule has 2 N–H and O–H groups in total. The van der Waals surface area contributed by atoms with Crippen LogP contribution >= 0.6 is 23.1 Å². The Balaban J connectivity index is 1.40. The second-order valence-corrected chi connectivity index (χ2v) is 11.4. The molecule has 0 radical (unpaired) electrons. The molecule has 1 aliphatic rings. The van der Waals surface area contributed by atoms with Crippen molar-refractivity contribution >= 4 is 34.0 Å². The van der Waals surface area contributed by atoms with Crippen LogP contribution < -0.4 is 10.1 Å². The molecule has 2 aromatic heterocycles. The highest BCUT2D eigenvalue weighted by molar-refractivity contribution is 7.99. The molecule has 1 unspecified atom stereocenters. The maximum Gasteiger partial charge on any atom is 0.235 e. The quantitative estimate of drug-likeness (QED) is 0.339. The van der Waals surface area contributed by atoms with Gasteiger partial charge < -0.3 is 10.1 Å². The first-order chi connectivity index (χ1) is 16.9. The standard InChI is InChI=1S/C26H31N5O2S2/c1-5-26(3,4)16-11-12-17-19(14-27)24(35-21(17)13-16)28-22(32)15-34-25-29-23(30-31-25)18-9-7-8-10-20(18)33-6-2/h7-10,16H,5-6,11-13,15H2,1-4H3,(H,28,32)(H,29,30,31). The monoisotopic (exact) mass is 509 g/mol. The Kier molecular flexibility index (Phi) is 7.82. The summed E-state index contributed by atoms with van der Waals surface area (Å²) in [5.41, 5.74) is 2.84. The Hall–Kier alpha value is -2.83. The third kappa shape index (κ3) is 5.54. The highest BCUT2D eigenvalue weighted by Crippen LogP contribution is 2.45. The third-order valence-electron chi connectivity index (χ3n) is 6.89. The lowest BCUT2D eigenvalue weighted by Gasteiger charge is -2.36. The molecule has 3 aromatic rings. The van der Waals surface area contributed by atoms with Crippen LogP contribution in [0.4, 0.5) is 5.00 Å². The van der Waals surface area contributed by atoms with Gasteiger partial charge in [0.2, 0.25) is 11.1 Å². The molecule has 0 spiro atoms. The fourth-order valence-corrected chi connectivity index (χ4v) is 6.31. The van der Waals surface area contributed by atoms with Crippen molar-refractivity contribution in [1.29, 1.82) is 5.26 Å². The van der Waals surface area contributed by atoms with E-state index in [4.69, 9.17) is 4.74 Å². The largest absolute Gasteiger partial charge is 0.493 e. The fourth-order valence-electron chi connectivity index (χ4n) is 4.42. The number of carbonyl (C=O) groups is 1. The summed E-state index contributed by atoms with van der Waals surface area (Å²) in [6, 6.07) is 9.97. The Bertz CT molecular complexity index is 1240. The number of para-hydroxylation sites is 1. The highest BCUT2D eigenvalue weighted by Gasteiger charge is 2.34. The molecule has 35 heavy (non-hydrogen) atoms. The van der Waals surface area contributed by atoms with Gasteiger partial charge in [-0.15, -0.1) is 16.4 Å². The Morgan fingerprint density at radius 2 is 2.17 bits per heavy atom. The smallest absolute Gasteiger partial charge is 0.235 e. The number of nitrogens with one attached hydrogen (secondary N) is 2. The lowest BCUT2D eigenvalue weighted by atomic mass is 9.69. The van der Waals surface area contributed by atoms with Crippen LogP contribution in [-0.2, 0) is 17.6 Å². The van der Waals surface area contributed by atoms with Gasteiger partial charge in [-0.2, -0.15) is 5.26 Å². The van der Waals surface area contributed by atoms with Gasteiger partial charge in [-0.25, -0.2) is 4.98 Å². The second-order valence-electron chi connectivity index (χ2n) is 9.33. The normalized spacial score (nSPS) is 15.3. The van der Waals surface area contributed by atoms with E-state index in [1.807, 2.05) is 31.2 Å². The van der Waals surface area contributed by atoms with E-state index in [9.17, 15) is 10.1 Å². The van der Waals surface area contributed by atoms with Crippen LogP contribution in [0.25, 0.3) is 11.4 Å². The lowest BCUT2D eigenvalue weighted by molar-refractivity contribution is -0.113. The summed E-state index contributed by atoms with van der Waals surface area (Å²) in [5, 5.41) is 21.1. The van der Waals surface area contributed by atoms with Gasteiger partial charge in [0, 0.05) is 4.88 Å². The summed E-state index contributed by atoms with van der Waals surface area (Å²) in [7, 11) is 0. The SMILES string of the molecule is CCOc1ccccc1-c1nc(SCC(=O)Nc2sc3c(c2C#N)CCC(C(C)(C)CC)C3)n[nH]1. The van der Waals surface area contributed by atoms with E-state index in [0.717, 1.165) is 42.6 Å². The number of amides is 1. The minimum absolute atomic E-state index is 0.156. The number of anilines is 1. The van der Waals surface area contributed by atoms with Crippen LogP contribution in [0.15, 0.2) is 29.4 Å². The van der Waals surface area contributed by atoms with Gasteiger partial charge in [-0.3, -0.25) is 9.89 Å². The van der Waals surface area contributed by atoms with Gasteiger partial charge >= 0.3 is 0 Å². The van der Waals surface area contributed by atoms with E-state index < -0.39 is 0 Å². The number of thiophene rings is 1. The number of hydrogen-bond donors (Lipinski definition) is 2. The average Bonchev–Trinajstić information content (AvgIpc) is 3.47. The summed E-state index contributed by atoms with van der Waals surface area (Å²) < 4.78 is 5.67. The van der Waals surface area contributed by atoms with Crippen molar-refractivity contribution < 1.29 is 9.53 Å². The lowest BCUT2D eigenvalue weighted by Crippen LogP contribution is -2.28. The zero-order valence-electron chi connectivity index (χ0n) is 20.6. The van der Waals surface area contributed by atoms with Crippen LogP contribution in [0.5, 0.6) is 5.75 Å². The van der Waals surface area contributed by atoms with Gasteiger partial charge in [0.1, 0.15) is 16.8 Å². The van der Waals surface area contributed by atoms with Gasteiger partial charge in [0.15, 0.2) is 5.82 Å². The van der Waals surface area contributed by atoms with Gasteiger partial charge in [0.05, 0.1) is 23.5 Å². The maximum absolute atomic E-state index is 12.7. The average molecular weight is 510 g/mol. The molecule has 0 fully saturated rings. The Labute approximate surface area is 214 Å². The molecule has 0 aliphatic heterocycles. The molecule has 1 atom stereocenters. The molecule has 4 rings (SSSR count). The molecule has 2 heterocycles. The number of thioether (sulfide) groups is 1. The molecule has 184 valence electrons. The van der Waals surface area contributed by atoms with Crippen LogP contribution in [0.1, 0.15) is 56.5 Å². The van der Waals surface area contributed by atoms with Crippen LogP contribution in [-0.4, -0.2) is 33.4 Å². The number of nitriles is 1. The molecule has 1 amide bonds. The zero-order valence-corrected chi connectivity index (χ0v) is 22.2. The molecule has 9 heteroatoms. The predicted molar refractivity (Wildman–Crippen MR) is 141 cm³/mol. The van der Waals surface area contributed by atoms with Crippen molar-refractivity contribution in [2.24, 2.45) is 11.3 Å². The number of benzene rings is 1. The van der Waals surface area contributed by atoms with Crippen molar-refractivity contribution in [3.63, 3.8) is 0 Å².